The van der Waals surface area contributed by atoms with E-state index in [2.05, 4.69) is 10.00 Å². The van der Waals surface area contributed by atoms with Crippen molar-refractivity contribution >= 4 is 5.91 Å². The minimum Gasteiger partial charge on any atom is -0.335 e. The molecule has 23 heavy (non-hydrogen) atoms. The highest BCUT2D eigenvalue weighted by molar-refractivity contribution is 5.92. The zero-order chi connectivity index (χ0) is 16.2. The third-order valence-corrected chi connectivity index (χ3v) is 4.16. The van der Waals surface area contributed by atoms with Crippen molar-refractivity contribution in [1.82, 2.24) is 19.6 Å². The second-order valence-electron chi connectivity index (χ2n) is 5.75. The van der Waals surface area contributed by atoms with Crippen LogP contribution in [-0.4, -0.2) is 51.7 Å². The van der Waals surface area contributed by atoms with E-state index in [0.717, 1.165) is 31.7 Å². The van der Waals surface area contributed by atoms with Crippen LogP contribution in [0.5, 0.6) is 0 Å². The highest BCUT2D eigenvalue weighted by atomic mass is 19.1. The van der Waals surface area contributed by atoms with Gasteiger partial charge in [-0.25, -0.2) is 4.39 Å². The van der Waals surface area contributed by atoms with Crippen LogP contribution in [0.4, 0.5) is 4.39 Å². The van der Waals surface area contributed by atoms with Crippen molar-refractivity contribution in [3.8, 4) is 0 Å². The van der Waals surface area contributed by atoms with Crippen LogP contribution < -0.4 is 0 Å². The molecule has 0 atom stereocenters. The Labute approximate surface area is 135 Å². The molecule has 1 aliphatic rings. The lowest BCUT2D eigenvalue weighted by Gasteiger charge is -2.34. The molecule has 0 unspecified atom stereocenters. The monoisotopic (exact) mass is 316 g/mol. The van der Waals surface area contributed by atoms with Crippen molar-refractivity contribution in [2.24, 2.45) is 0 Å². The largest absolute Gasteiger partial charge is 0.335 e. The van der Waals surface area contributed by atoms with Gasteiger partial charge < -0.3 is 4.90 Å². The maximum absolute atomic E-state index is 12.9. The summed E-state index contributed by atoms with van der Waals surface area (Å²) in [6, 6.07) is 8.36. The highest BCUT2D eigenvalue weighted by Gasteiger charge is 2.23. The van der Waals surface area contributed by atoms with Crippen LogP contribution >= 0.6 is 0 Å². The first-order valence-electron chi connectivity index (χ1n) is 7.95. The van der Waals surface area contributed by atoms with Crippen LogP contribution in [0, 0.1) is 5.82 Å². The van der Waals surface area contributed by atoms with Crippen molar-refractivity contribution in [1.29, 1.82) is 0 Å². The lowest BCUT2D eigenvalue weighted by molar-refractivity contribution is 0.0622. The van der Waals surface area contributed by atoms with Gasteiger partial charge in [-0.2, -0.15) is 5.10 Å². The third-order valence-electron chi connectivity index (χ3n) is 4.16. The quantitative estimate of drug-likeness (QED) is 0.866. The molecule has 5 nitrogen and oxygen atoms in total. The molecule has 0 radical (unpaired) electrons. The van der Waals surface area contributed by atoms with E-state index in [9.17, 15) is 9.18 Å². The van der Waals surface area contributed by atoms with E-state index in [1.54, 1.807) is 10.7 Å². The van der Waals surface area contributed by atoms with Crippen molar-refractivity contribution in [2.75, 3.05) is 26.2 Å². The molecule has 2 aromatic rings. The smallest absolute Gasteiger partial charge is 0.274 e. The van der Waals surface area contributed by atoms with Crippen molar-refractivity contribution in [3.63, 3.8) is 0 Å². The van der Waals surface area contributed by atoms with E-state index in [1.165, 1.54) is 12.1 Å². The first kappa shape index (κ1) is 15.7. The summed E-state index contributed by atoms with van der Waals surface area (Å²) >= 11 is 0. The molecule has 1 amide bonds. The van der Waals surface area contributed by atoms with Crippen molar-refractivity contribution in [3.05, 3.63) is 53.6 Å². The Morgan fingerprint density at radius 2 is 1.83 bits per heavy atom. The first-order chi connectivity index (χ1) is 11.2. The number of aryl methyl sites for hydroxylation is 1. The molecule has 1 saturated heterocycles. The van der Waals surface area contributed by atoms with Crippen LogP contribution in [0.3, 0.4) is 0 Å². The maximum atomic E-state index is 12.9. The minimum absolute atomic E-state index is 0.00127. The van der Waals surface area contributed by atoms with Crippen molar-refractivity contribution < 1.29 is 9.18 Å². The number of amides is 1. The fourth-order valence-electron chi connectivity index (χ4n) is 2.77. The molecule has 1 fully saturated rings. The average molecular weight is 316 g/mol. The number of carbonyl (C=O) groups excluding carboxylic acids is 1. The van der Waals surface area contributed by atoms with Crippen molar-refractivity contribution in [2.45, 2.75) is 20.0 Å². The number of piperazine rings is 1. The number of halogens is 1. The molecule has 0 aliphatic carbocycles. The molecule has 1 aromatic heterocycles. The number of benzene rings is 1. The van der Waals surface area contributed by atoms with Gasteiger partial charge in [-0.3, -0.25) is 14.4 Å². The lowest BCUT2D eigenvalue weighted by atomic mass is 10.2. The SMILES string of the molecule is CCn1ccc(C(=O)N2CCN(Cc3ccc(F)cc3)CC2)n1. The number of nitrogens with zero attached hydrogens (tertiary/aromatic N) is 4. The molecular formula is C17H21FN4O. The Morgan fingerprint density at radius 3 is 2.43 bits per heavy atom. The van der Waals surface area contributed by atoms with E-state index >= 15 is 0 Å². The van der Waals surface area contributed by atoms with Gasteiger partial charge in [0.2, 0.25) is 0 Å². The molecular weight excluding hydrogens is 295 g/mol. The number of hydrogen-bond donors (Lipinski definition) is 0. The van der Waals surface area contributed by atoms with Crippen LogP contribution in [-0.2, 0) is 13.1 Å². The van der Waals surface area contributed by atoms with Gasteiger partial charge in [-0.15, -0.1) is 0 Å². The summed E-state index contributed by atoms with van der Waals surface area (Å²) in [5, 5.41) is 4.28. The van der Waals surface area contributed by atoms with Gasteiger partial charge in [-0.1, -0.05) is 12.1 Å². The molecule has 1 aliphatic heterocycles. The third kappa shape index (κ3) is 3.76. The normalized spacial score (nSPS) is 15.8. The predicted octanol–water partition coefficient (Wildman–Crippen LogP) is 2.00. The highest BCUT2D eigenvalue weighted by Crippen LogP contribution is 2.11. The maximum Gasteiger partial charge on any atom is 0.274 e. The fourth-order valence-corrected chi connectivity index (χ4v) is 2.77. The van der Waals surface area contributed by atoms with E-state index in [0.29, 0.717) is 18.8 Å². The van der Waals surface area contributed by atoms with Gasteiger partial charge in [0.1, 0.15) is 11.5 Å². The zero-order valence-corrected chi connectivity index (χ0v) is 13.3. The average Bonchev–Trinajstić information content (AvgIpc) is 3.06. The summed E-state index contributed by atoms with van der Waals surface area (Å²) in [7, 11) is 0. The molecule has 0 saturated carbocycles. The van der Waals surface area contributed by atoms with E-state index < -0.39 is 0 Å². The summed E-state index contributed by atoms with van der Waals surface area (Å²) in [6.45, 7) is 6.56. The lowest BCUT2D eigenvalue weighted by Crippen LogP contribution is -2.48. The molecule has 6 heteroatoms. The van der Waals surface area contributed by atoms with Gasteiger partial charge in [0.15, 0.2) is 0 Å². The Kier molecular flexibility index (Phi) is 4.71. The Balaban J connectivity index is 1.53. The predicted molar refractivity (Wildman–Crippen MR) is 85.5 cm³/mol. The zero-order valence-electron chi connectivity index (χ0n) is 13.3. The fraction of sp³-hybridized carbons (Fsp3) is 0.412. The number of hydrogen-bond acceptors (Lipinski definition) is 3. The minimum atomic E-state index is -0.212. The Bertz CT molecular complexity index is 659. The molecule has 0 N–H and O–H groups in total. The summed E-state index contributed by atoms with van der Waals surface area (Å²) in [5.41, 5.74) is 1.60. The second-order valence-corrected chi connectivity index (χ2v) is 5.75. The van der Waals surface area contributed by atoms with Gasteiger partial charge in [0.05, 0.1) is 0 Å². The van der Waals surface area contributed by atoms with E-state index in [4.69, 9.17) is 0 Å². The number of carbonyl (C=O) groups is 1. The molecule has 0 bridgehead atoms. The molecule has 122 valence electrons. The van der Waals surface area contributed by atoms with Crippen LogP contribution in [0.25, 0.3) is 0 Å². The molecule has 0 spiro atoms. The van der Waals surface area contributed by atoms with Gasteiger partial charge in [0, 0.05) is 45.5 Å². The summed E-state index contributed by atoms with van der Waals surface area (Å²) in [4.78, 5) is 16.6. The topological polar surface area (TPSA) is 41.4 Å². The standard InChI is InChI=1S/C17H21FN4O/c1-2-22-8-7-16(19-22)17(23)21-11-9-20(10-12-21)13-14-3-5-15(18)6-4-14/h3-8H,2,9-13H2,1H3. The summed E-state index contributed by atoms with van der Waals surface area (Å²) in [5.74, 6) is -0.214. The Morgan fingerprint density at radius 1 is 1.13 bits per heavy atom. The summed E-state index contributed by atoms with van der Waals surface area (Å²) in [6.07, 6.45) is 1.83. The number of rotatable bonds is 4. The van der Waals surface area contributed by atoms with Gasteiger partial charge in [0.25, 0.3) is 5.91 Å². The van der Waals surface area contributed by atoms with Crippen LogP contribution in [0.2, 0.25) is 0 Å². The molecule has 1 aromatic carbocycles. The molecule has 3 rings (SSSR count). The molecule has 2 heterocycles. The van der Waals surface area contributed by atoms with Gasteiger partial charge in [-0.05, 0) is 30.7 Å². The van der Waals surface area contributed by atoms with Gasteiger partial charge >= 0.3 is 0 Å². The Hall–Kier alpha value is -2.21. The van der Waals surface area contributed by atoms with Crippen LogP contribution in [0.1, 0.15) is 23.0 Å². The van der Waals surface area contributed by atoms with E-state index in [-0.39, 0.29) is 11.7 Å². The number of aromatic nitrogens is 2. The first-order valence-corrected chi connectivity index (χ1v) is 7.95. The second kappa shape index (κ2) is 6.91. The van der Waals surface area contributed by atoms with Crippen LogP contribution in [0.15, 0.2) is 36.5 Å². The van der Waals surface area contributed by atoms with E-state index in [1.807, 2.05) is 30.2 Å². The summed E-state index contributed by atoms with van der Waals surface area (Å²) < 4.78 is 14.7.